The number of nitrogens with one attached hydrogen (secondary N) is 1. The number of nitrogens with zero attached hydrogens (tertiary/aromatic N) is 2. The fraction of sp³-hybridized carbons (Fsp3) is 0.600. The van der Waals surface area contributed by atoms with E-state index in [0.29, 0.717) is 6.04 Å². The molecule has 0 bridgehead atoms. The van der Waals surface area contributed by atoms with Gasteiger partial charge in [0.1, 0.15) is 0 Å². The summed E-state index contributed by atoms with van der Waals surface area (Å²) in [5.41, 5.74) is 2.96. The molecule has 0 saturated heterocycles. The van der Waals surface area contributed by atoms with Gasteiger partial charge in [0.15, 0.2) is 0 Å². The SMILES string of the molecule is CN(C)CCCN(C)C1CNCc2ccccc21. The Hall–Kier alpha value is -0.900. The van der Waals surface area contributed by atoms with Crippen LogP contribution in [0, 0.1) is 0 Å². The van der Waals surface area contributed by atoms with Gasteiger partial charge in [-0.15, -0.1) is 0 Å². The molecule has 0 aliphatic carbocycles. The van der Waals surface area contributed by atoms with Crippen LogP contribution in [-0.4, -0.2) is 50.6 Å². The van der Waals surface area contributed by atoms with E-state index in [9.17, 15) is 0 Å². The molecule has 18 heavy (non-hydrogen) atoms. The van der Waals surface area contributed by atoms with E-state index < -0.39 is 0 Å². The molecule has 1 aromatic rings. The average Bonchev–Trinajstić information content (AvgIpc) is 2.37. The third-order valence-electron chi connectivity index (χ3n) is 3.72. The van der Waals surface area contributed by atoms with Gasteiger partial charge in [-0.25, -0.2) is 0 Å². The van der Waals surface area contributed by atoms with Crippen molar-refractivity contribution < 1.29 is 0 Å². The zero-order valence-corrected chi connectivity index (χ0v) is 11.8. The van der Waals surface area contributed by atoms with Gasteiger partial charge in [0.2, 0.25) is 0 Å². The molecule has 0 fully saturated rings. The van der Waals surface area contributed by atoms with Crippen molar-refractivity contribution in [3.63, 3.8) is 0 Å². The third kappa shape index (κ3) is 3.31. The molecule has 1 N–H and O–H groups in total. The predicted molar refractivity (Wildman–Crippen MR) is 76.7 cm³/mol. The Morgan fingerprint density at radius 2 is 1.94 bits per heavy atom. The van der Waals surface area contributed by atoms with E-state index in [1.807, 2.05) is 0 Å². The quantitative estimate of drug-likeness (QED) is 0.854. The number of hydrogen-bond acceptors (Lipinski definition) is 3. The number of hydrogen-bond donors (Lipinski definition) is 1. The number of rotatable bonds is 5. The average molecular weight is 247 g/mol. The largest absolute Gasteiger partial charge is 0.311 e. The van der Waals surface area contributed by atoms with Crippen molar-refractivity contribution in [3.05, 3.63) is 35.4 Å². The highest BCUT2D eigenvalue weighted by molar-refractivity contribution is 5.32. The normalized spacial score (nSPS) is 19.3. The van der Waals surface area contributed by atoms with E-state index in [-0.39, 0.29) is 0 Å². The summed E-state index contributed by atoms with van der Waals surface area (Å²) in [7, 11) is 6.51. The van der Waals surface area contributed by atoms with Gasteiger partial charge in [-0.1, -0.05) is 24.3 Å². The first-order valence-electron chi connectivity index (χ1n) is 6.82. The maximum atomic E-state index is 3.52. The number of likely N-dealkylation sites (N-methyl/N-ethyl adjacent to an activating group) is 1. The van der Waals surface area contributed by atoms with Gasteiger partial charge in [0, 0.05) is 19.1 Å². The Morgan fingerprint density at radius 1 is 1.17 bits per heavy atom. The molecule has 0 saturated carbocycles. The lowest BCUT2D eigenvalue weighted by atomic mass is 9.96. The smallest absolute Gasteiger partial charge is 0.0472 e. The minimum atomic E-state index is 0.525. The zero-order valence-electron chi connectivity index (χ0n) is 11.8. The first-order chi connectivity index (χ1) is 8.68. The number of fused-ring (bicyclic) bond motifs is 1. The molecule has 0 amide bonds. The molecule has 1 unspecified atom stereocenters. The minimum absolute atomic E-state index is 0.525. The van der Waals surface area contributed by atoms with Crippen molar-refractivity contribution in [2.45, 2.75) is 19.0 Å². The first-order valence-corrected chi connectivity index (χ1v) is 6.82. The van der Waals surface area contributed by atoms with Crippen LogP contribution in [-0.2, 0) is 6.54 Å². The molecule has 1 atom stereocenters. The molecule has 3 heteroatoms. The fourth-order valence-electron chi connectivity index (χ4n) is 2.66. The van der Waals surface area contributed by atoms with Crippen LogP contribution in [0.5, 0.6) is 0 Å². The highest BCUT2D eigenvalue weighted by Gasteiger charge is 2.22. The van der Waals surface area contributed by atoms with Gasteiger partial charge in [-0.3, -0.25) is 4.90 Å². The summed E-state index contributed by atoms with van der Waals surface area (Å²) in [6, 6.07) is 9.34. The maximum absolute atomic E-state index is 3.52. The van der Waals surface area contributed by atoms with Gasteiger partial charge in [-0.05, 0) is 51.8 Å². The summed E-state index contributed by atoms with van der Waals surface area (Å²) >= 11 is 0. The van der Waals surface area contributed by atoms with Crippen molar-refractivity contribution in [2.75, 3.05) is 40.8 Å². The van der Waals surface area contributed by atoms with Crippen LogP contribution in [0.1, 0.15) is 23.6 Å². The van der Waals surface area contributed by atoms with E-state index in [4.69, 9.17) is 0 Å². The van der Waals surface area contributed by atoms with Crippen molar-refractivity contribution in [2.24, 2.45) is 0 Å². The van der Waals surface area contributed by atoms with Crippen molar-refractivity contribution in [1.82, 2.24) is 15.1 Å². The summed E-state index contributed by atoms with van der Waals surface area (Å²) in [6.07, 6.45) is 1.22. The summed E-state index contributed by atoms with van der Waals surface area (Å²) in [5.74, 6) is 0. The summed E-state index contributed by atoms with van der Waals surface area (Å²) in [4.78, 5) is 4.73. The summed E-state index contributed by atoms with van der Waals surface area (Å²) in [6.45, 7) is 4.39. The molecule has 3 nitrogen and oxygen atoms in total. The van der Waals surface area contributed by atoms with E-state index in [1.165, 1.54) is 17.5 Å². The van der Waals surface area contributed by atoms with Crippen molar-refractivity contribution >= 4 is 0 Å². The lowest BCUT2D eigenvalue weighted by molar-refractivity contribution is 0.216. The van der Waals surface area contributed by atoms with Crippen LogP contribution in [0.4, 0.5) is 0 Å². The second kappa shape index (κ2) is 6.32. The molecule has 0 aromatic heterocycles. The second-order valence-corrected chi connectivity index (χ2v) is 5.48. The van der Waals surface area contributed by atoms with Crippen molar-refractivity contribution in [1.29, 1.82) is 0 Å². The lowest BCUT2D eigenvalue weighted by Crippen LogP contribution is -2.38. The van der Waals surface area contributed by atoms with Crippen LogP contribution < -0.4 is 5.32 Å². The van der Waals surface area contributed by atoms with Gasteiger partial charge in [0.05, 0.1) is 0 Å². The topological polar surface area (TPSA) is 18.5 Å². The summed E-state index contributed by atoms with van der Waals surface area (Å²) in [5, 5.41) is 3.52. The minimum Gasteiger partial charge on any atom is -0.311 e. The zero-order chi connectivity index (χ0) is 13.0. The van der Waals surface area contributed by atoms with Crippen LogP contribution in [0.25, 0.3) is 0 Å². The monoisotopic (exact) mass is 247 g/mol. The lowest BCUT2D eigenvalue weighted by Gasteiger charge is -2.34. The Bertz CT molecular complexity index is 376. The molecule has 1 aromatic carbocycles. The maximum Gasteiger partial charge on any atom is 0.0472 e. The molecule has 1 aliphatic heterocycles. The molecule has 100 valence electrons. The van der Waals surface area contributed by atoms with Gasteiger partial charge >= 0.3 is 0 Å². The predicted octanol–water partition coefficient (Wildman–Crippen LogP) is 1.71. The van der Waals surface area contributed by atoms with Crippen LogP contribution in [0.15, 0.2) is 24.3 Å². The molecular weight excluding hydrogens is 222 g/mol. The molecule has 0 radical (unpaired) electrons. The van der Waals surface area contributed by atoms with Gasteiger partial charge in [0.25, 0.3) is 0 Å². The Balaban J connectivity index is 1.97. The van der Waals surface area contributed by atoms with Gasteiger partial charge in [-0.2, -0.15) is 0 Å². The second-order valence-electron chi connectivity index (χ2n) is 5.48. The van der Waals surface area contributed by atoms with Gasteiger partial charge < -0.3 is 10.2 Å². The third-order valence-corrected chi connectivity index (χ3v) is 3.72. The molecule has 1 aliphatic rings. The highest BCUT2D eigenvalue weighted by atomic mass is 15.2. The van der Waals surface area contributed by atoms with Crippen LogP contribution >= 0.6 is 0 Å². The highest BCUT2D eigenvalue weighted by Crippen LogP contribution is 2.25. The molecule has 0 spiro atoms. The molecule has 2 rings (SSSR count). The van der Waals surface area contributed by atoms with E-state index in [2.05, 4.69) is 60.5 Å². The Morgan fingerprint density at radius 3 is 2.72 bits per heavy atom. The van der Waals surface area contributed by atoms with Crippen LogP contribution in [0.3, 0.4) is 0 Å². The fourth-order valence-corrected chi connectivity index (χ4v) is 2.66. The van der Waals surface area contributed by atoms with Crippen LogP contribution in [0.2, 0.25) is 0 Å². The number of benzene rings is 1. The standard InChI is InChI=1S/C15H25N3/c1-17(2)9-6-10-18(3)15-12-16-11-13-7-4-5-8-14(13)15/h4-5,7-8,15-16H,6,9-12H2,1-3H3. The molecular formula is C15H25N3. The van der Waals surface area contributed by atoms with E-state index in [0.717, 1.165) is 26.2 Å². The molecule has 1 heterocycles. The van der Waals surface area contributed by atoms with Crippen molar-refractivity contribution in [3.8, 4) is 0 Å². The van der Waals surface area contributed by atoms with E-state index >= 15 is 0 Å². The van der Waals surface area contributed by atoms with E-state index in [1.54, 1.807) is 0 Å². The Labute approximate surface area is 111 Å². The summed E-state index contributed by atoms with van der Waals surface area (Å²) < 4.78 is 0. The first kappa shape index (κ1) is 13.5. The Kier molecular flexibility index (Phi) is 4.75.